The van der Waals surface area contributed by atoms with Crippen LogP contribution in [-0.2, 0) is 9.59 Å². The molecule has 2 rings (SSSR count). The van der Waals surface area contributed by atoms with Crippen LogP contribution in [0.2, 0.25) is 0 Å². The van der Waals surface area contributed by atoms with Gasteiger partial charge in [0.1, 0.15) is 6.04 Å². The third-order valence-electron chi connectivity index (χ3n) is 3.95. The highest BCUT2D eigenvalue weighted by molar-refractivity contribution is 5.97. The first kappa shape index (κ1) is 23.1. The van der Waals surface area contributed by atoms with Crippen molar-refractivity contribution >= 4 is 23.4 Å². The summed E-state index contributed by atoms with van der Waals surface area (Å²) in [7, 11) is 0. The van der Waals surface area contributed by atoms with Crippen LogP contribution >= 0.6 is 0 Å². The number of carbonyl (C=O) groups is 3. The number of anilines is 1. The summed E-state index contributed by atoms with van der Waals surface area (Å²) in [5, 5.41) is 13.7. The number of hydroxylamine groups is 1. The van der Waals surface area contributed by atoms with Gasteiger partial charge in [-0.3, -0.25) is 19.6 Å². The molecule has 3 amide bonds. The van der Waals surface area contributed by atoms with E-state index in [4.69, 9.17) is 16.7 Å². The molecule has 2 aromatic carbocycles. The van der Waals surface area contributed by atoms with Crippen molar-refractivity contribution in [2.24, 2.45) is 11.5 Å². The standard InChI is InChI=1S/C22H21N5O4/c23-13-19(22(30)27-31)26-21(29)17-9-5-15(6-10-17)3-1-2-4-16-7-11-18(12-8-16)25-20(28)14-24/h5-12,19,31H,13-14,23-24H2,(H,25,28)(H,26,29)(H,27,30)/t19-/m0/s1. The third-order valence-corrected chi connectivity index (χ3v) is 3.95. The Morgan fingerprint density at radius 2 is 1.45 bits per heavy atom. The van der Waals surface area contributed by atoms with E-state index in [0.29, 0.717) is 16.8 Å². The van der Waals surface area contributed by atoms with Gasteiger partial charge in [-0.15, -0.1) is 0 Å². The molecule has 0 bridgehead atoms. The number of nitrogens with one attached hydrogen (secondary N) is 3. The van der Waals surface area contributed by atoms with Crippen LogP contribution in [0.3, 0.4) is 0 Å². The molecule has 158 valence electrons. The second-order valence-corrected chi connectivity index (χ2v) is 6.14. The maximum absolute atomic E-state index is 12.1. The van der Waals surface area contributed by atoms with Gasteiger partial charge in [0.15, 0.2) is 0 Å². The third kappa shape index (κ3) is 7.31. The van der Waals surface area contributed by atoms with E-state index in [0.717, 1.165) is 5.56 Å². The minimum absolute atomic E-state index is 0.0854. The summed E-state index contributed by atoms with van der Waals surface area (Å²) in [6.07, 6.45) is 0. The first-order valence-corrected chi connectivity index (χ1v) is 9.13. The molecule has 0 aliphatic rings. The van der Waals surface area contributed by atoms with Crippen LogP contribution in [-0.4, -0.2) is 42.1 Å². The number of hydrogen-bond acceptors (Lipinski definition) is 6. The molecule has 2 aromatic rings. The largest absolute Gasteiger partial charge is 0.339 e. The van der Waals surface area contributed by atoms with Crippen molar-refractivity contribution in [2.75, 3.05) is 18.4 Å². The minimum atomic E-state index is -1.04. The normalized spacial score (nSPS) is 10.4. The van der Waals surface area contributed by atoms with Crippen molar-refractivity contribution in [3.63, 3.8) is 0 Å². The predicted molar refractivity (Wildman–Crippen MR) is 115 cm³/mol. The van der Waals surface area contributed by atoms with E-state index in [2.05, 4.69) is 34.3 Å². The molecule has 0 heterocycles. The molecule has 1 atom stereocenters. The Labute approximate surface area is 179 Å². The fraction of sp³-hybridized carbons (Fsp3) is 0.136. The van der Waals surface area contributed by atoms with E-state index in [1.807, 2.05) is 0 Å². The van der Waals surface area contributed by atoms with Gasteiger partial charge in [0.25, 0.3) is 11.8 Å². The highest BCUT2D eigenvalue weighted by Gasteiger charge is 2.19. The van der Waals surface area contributed by atoms with Crippen LogP contribution in [0, 0.1) is 23.7 Å². The quantitative estimate of drug-likeness (QED) is 0.211. The second kappa shape index (κ2) is 11.8. The maximum atomic E-state index is 12.1. The van der Waals surface area contributed by atoms with E-state index >= 15 is 0 Å². The van der Waals surface area contributed by atoms with E-state index < -0.39 is 17.9 Å². The Morgan fingerprint density at radius 3 is 1.94 bits per heavy atom. The first-order valence-electron chi connectivity index (χ1n) is 9.13. The van der Waals surface area contributed by atoms with Crippen LogP contribution in [0.15, 0.2) is 48.5 Å². The molecule has 8 N–H and O–H groups in total. The van der Waals surface area contributed by atoms with Gasteiger partial charge in [-0.2, -0.15) is 0 Å². The monoisotopic (exact) mass is 419 g/mol. The lowest BCUT2D eigenvalue weighted by atomic mass is 10.1. The molecular weight excluding hydrogens is 398 g/mol. The predicted octanol–water partition coefficient (Wildman–Crippen LogP) is -0.450. The summed E-state index contributed by atoms with van der Waals surface area (Å²) in [5.74, 6) is 9.62. The van der Waals surface area contributed by atoms with Crippen LogP contribution in [0.4, 0.5) is 5.69 Å². The lowest BCUT2D eigenvalue weighted by Gasteiger charge is -2.14. The van der Waals surface area contributed by atoms with E-state index in [9.17, 15) is 14.4 Å². The summed E-state index contributed by atoms with van der Waals surface area (Å²) in [4.78, 5) is 34.8. The van der Waals surface area contributed by atoms with Crippen LogP contribution in [0.25, 0.3) is 0 Å². The molecule has 0 unspecified atom stereocenters. The Morgan fingerprint density at radius 1 is 0.903 bits per heavy atom. The van der Waals surface area contributed by atoms with Crippen molar-refractivity contribution in [3.8, 4) is 23.7 Å². The van der Waals surface area contributed by atoms with Crippen LogP contribution in [0.1, 0.15) is 21.5 Å². The summed E-state index contributed by atoms with van der Waals surface area (Å²) in [6, 6.07) is 12.3. The Kier molecular flexibility index (Phi) is 8.77. The topological polar surface area (TPSA) is 160 Å². The Hall–Kier alpha value is -4.15. The number of nitrogens with two attached hydrogens (primary N) is 2. The molecule has 0 aliphatic heterocycles. The van der Waals surface area contributed by atoms with Crippen molar-refractivity contribution in [3.05, 3.63) is 65.2 Å². The van der Waals surface area contributed by atoms with Gasteiger partial charge in [0.05, 0.1) is 6.54 Å². The summed E-state index contributed by atoms with van der Waals surface area (Å²) >= 11 is 0. The van der Waals surface area contributed by atoms with Gasteiger partial charge in [-0.25, -0.2) is 5.48 Å². The molecule has 9 heteroatoms. The lowest BCUT2D eigenvalue weighted by Crippen LogP contribution is -2.50. The zero-order valence-corrected chi connectivity index (χ0v) is 16.4. The maximum Gasteiger partial charge on any atom is 0.267 e. The van der Waals surface area contributed by atoms with E-state index in [-0.39, 0.29) is 19.0 Å². The van der Waals surface area contributed by atoms with Gasteiger partial charge in [-0.1, -0.05) is 11.8 Å². The van der Waals surface area contributed by atoms with Crippen molar-refractivity contribution in [1.29, 1.82) is 0 Å². The van der Waals surface area contributed by atoms with Gasteiger partial charge in [0.2, 0.25) is 5.91 Å². The van der Waals surface area contributed by atoms with E-state index in [1.165, 1.54) is 5.48 Å². The minimum Gasteiger partial charge on any atom is -0.339 e. The molecule has 0 fully saturated rings. The smallest absolute Gasteiger partial charge is 0.267 e. The summed E-state index contributed by atoms with van der Waals surface area (Å²) in [5.41, 5.74) is 14.4. The fourth-order valence-electron chi connectivity index (χ4n) is 2.31. The van der Waals surface area contributed by atoms with Gasteiger partial charge < -0.3 is 22.1 Å². The first-order chi connectivity index (χ1) is 15.0. The molecule has 0 radical (unpaired) electrons. The van der Waals surface area contributed by atoms with Crippen LogP contribution < -0.4 is 27.6 Å². The molecule has 0 spiro atoms. The molecule has 9 nitrogen and oxygen atoms in total. The molecule has 0 saturated heterocycles. The van der Waals surface area contributed by atoms with Gasteiger partial charge in [-0.05, 0) is 60.4 Å². The zero-order chi connectivity index (χ0) is 22.6. The molecule has 0 aromatic heterocycles. The SMILES string of the molecule is NCC(=O)Nc1ccc(C#CC#Cc2ccc(C(=O)N[C@@H](CN)C(=O)NO)cc2)cc1. The zero-order valence-electron chi connectivity index (χ0n) is 16.4. The highest BCUT2D eigenvalue weighted by Crippen LogP contribution is 2.08. The number of rotatable bonds is 6. The number of hydrogen-bond donors (Lipinski definition) is 6. The van der Waals surface area contributed by atoms with Gasteiger partial charge in [0, 0.05) is 28.9 Å². The highest BCUT2D eigenvalue weighted by atomic mass is 16.5. The molecule has 31 heavy (non-hydrogen) atoms. The number of amides is 3. The molecular formula is C22H21N5O4. The second-order valence-electron chi connectivity index (χ2n) is 6.14. The fourth-order valence-corrected chi connectivity index (χ4v) is 2.31. The van der Waals surface area contributed by atoms with E-state index in [1.54, 1.807) is 48.5 Å². The summed E-state index contributed by atoms with van der Waals surface area (Å²) in [6.45, 7) is -0.247. The Balaban J connectivity index is 1.97. The average molecular weight is 419 g/mol. The number of carbonyl (C=O) groups excluding carboxylic acids is 3. The molecule has 0 saturated carbocycles. The van der Waals surface area contributed by atoms with Crippen molar-refractivity contribution in [2.45, 2.75) is 6.04 Å². The van der Waals surface area contributed by atoms with Crippen LogP contribution in [0.5, 0.6) is 0 Å². The average Bonchev–Trinajstić information content (AvgIpc) is 2.80. The Bertz CT molecular complexity index is 1060. The van der Waals surface area contributed by atoms with Crippen molar-refractivity contribution in [1.82, 2.24) is 10.8 Å². The summed E-state index contributed by atoms with van der Waals surface area (Å²) < 4.78 is 0. The van der Waals surface area contributed by atoms with Crippen molar-refractivity contribution < 1.29 is 19.6 Å². The molecule has 0 aliphatic carbocycles. The van der Waals surface area contributed by atoms with Gasteiger partial charge >= 0.3 is 0 Å². The number of benzene rings is 2. The lowest BCUT2D eigenvalue weighted by molar-refractivity contribution is -0.130.